The maximum atomic E-state index is 5.42. The molecule has 0 atom stereocenters. The number of hydrogen-bond acceptors (Lipinski definition) is 2. The van der Waals surface area contributed by atoms with Crippen LogP contribution in [-0.4, -0.2) is 19.8 Å². The lowest BCUT2D eigenvalue weighted by atomic mass is 10.1. The van der Waals surface area contributed by atoms with Gasteiger partial charge in [0.25, 0.3) is 0 Å². The number of hydrogen-bond donors (Lipinski definition) is 1. The van der Waals surface area contributed by atoms with Crippen molar-refractivity contribution in [1.29, 1.82) is 0 Å². The largest absolute Gasteiger partial charge is 0.382 e. The molecule has 0 rings (SSSR count). The lowest BCUT2D eigenvalue weighted by molar-refractivity contribution is 0.162. The zero-order chi connectivity index (χ0) is 13.9. The second-order valence-electron chi connectivity index (χ2n) is 4.75. The molecule has 0 aromatic heterocycles. The van der Waals surface area contributed by atoms with Crippen molar-refractivity contribution in [3.8, 4) is 0 Å². The third-order valence-electron chi connectivity index (χ3n) is 2.97. The second kappa shape index (κ2) is 22.1. The second-order valence-corrected chi connectivity index (χ2v) is 4.75. The van der Waals surface area contributed by atoms with Gasteiger partial charge in [-0.05, 0) is 26.8 Å². The summed E-state index contributed by atoms with van der Waals surface area (Å²) in [7, 11) is 0. The predicted molar refractivity (Wildman–Crippen MR) is 83.1 cm³/mol. The summed E-state index contributed by atoms with van der Waals surface area (Å²) >= 11 is 0. The van der Waals surface area contributed by atoms with Gasteiger partial charge in [-0.2, -0.15) is 0 Å². The van der Waals surface area contributed by atoms with Gasteiger partial charge in [-0.25, -0.2) is 0 Å². The van der Waals surface area contributed by atoms with E-state index < -0.39 is 0 Å². The summed E-state index contributed by atoms with van der Waals surface area (Å²) in [6, 6.07) is 0. The third kappa shape index (κ3) is 24.9. The summed E-state index contributed by atoms with van der Waals surface area (Å²) < 4.78 is 4.83. The minimum Gasteiger partial charge on any atom is -0.382 e. The molecular weight excluding hydrogens is 222 g/mol. The molecule has 0 fully saturated rings. The van der Waals surface area contributed by atoms with Crippen molar-refractivity contribution in [3.63, 3.8) is 0 Å². The fourth-order valence-electron chi connectivity index (χ4n) is 1.84. The maximum absolute atomic E-state index is 5.42. The fraction of sp³-hybridized carbons (Fsp3) is 1.00. The highest BCUT2D eigenvalue weighted by Gasteiger charge is 1.91. The molecule has 0 saturated carbocycles. The quantitative estimate of drug-likeness (QED) is 0.505. The Morgan fingerprint density at radius 2 is 1.00 bits per heavy atom. The third-order valence-corrected chi connectivity index (χ3v) is 2.97. The van der Waals surface area contributed by atoms with E-state index in [0.29, 0.717) is 0 Å². The molecule has 0 aliphatic rings. The van der Waals surface area contributed by atoms with Gasteiger partial charge in [-0.1, -0.05) is 64.7 Å². The van der Waals surface area contributed by atoms with E-state index in [0.717, 1.165) is 19.8 Å². The van der Waals surface area contributed by atoms with Crippen LogP contribution >= 0.6 is 0 Å². The molecule has 0 spiro atoms. The molecular formula is C16H37NO. The first-order valence-corrected chi connectivity index (χ1v) is 8.11. The van der Waals surface area contributed by atoms with Crippen molar-refractivity contribution < 1.29 is 4.74 Å². The molecule has 0 aliphatic carbocycles. The molecule has 0 heterocycles. The van der Waals surface area contributed by atoms with Crippen LogP contribution in [0.5, 0.6) is 0 Å². The summed E-state index contributed by atoms with van der Waals surface area (Å²) in [5, 5.41) is 0. The molecule has 0 unspecified atom stereocenters. The van der Waals surface area contributed by atoms with Gasteiger partial charge in [0.05, 0.1) is 0 Å². The van der Waals surface area contributed by atoms with Crippen LogP contribution in [0.1, 0.15) is 85.0 Å². The average molecular weight is 259 g/mol. The molecule has 0 aromatic carbocycles. The van der Waals surface area contributed by atoms with E-state index in [2.05, 4.69) is 6.92 Å². The summed E-state index contributed by atoms with van der Waals surface area (Å²) in [6.07, 6.45) is 13.9. The monoisotopic (exact) mass is 259 g/mol. The Balaban J connectivity index is 0. The smallest absolute Gasteiger partial charge is 0.0437 e. The summed E-state index contributed by atoms with van der Waals surface area (Å²) in [4.78, 5) is 0. The summed E-state index contributed by atoms with van der Waals surface area (Å²) in [5.41, 5.74) is 5.42. The highest BCUT2D eigenvalue weighted by Crippen LogP contribution is 2.09. The Morgan fingerprint density at radius 3 is 1.28 bits per heavy atom. The molecule has 0 aromatic rings. The van der Waals surface area contributed by atoms with Crippen LogP contribution in [0.15, 0.2) is 0 Å². The van der Waals surface area contributed by atoms with Crippen molar-refractivity contribution in [1.82, 2.24) is 0 Å². The lowest BCUT2D eigenvalue weighted by Crippen LogP contribution is -1.97. The molecule has 112 valence electrons. The molecule has 2 heteroatoms. The SMILES string of the molecule is CCCCCCCCCCCCN.CCOCC. The predicted octanol–water partition coefficient (Wildman–Crippen LogP) is 4.91. The minimum atomic E-state index is 0.844. The Kier molecular flexibility index (Phi) is 24.9. The standard InChI is InChI=1S/C12H27N.C4H10O/c1-2-3-4-5-6-7-8-9-10-11-12-13;1-3-5-4-2/h2-13H2,1H3;3-4H2,1-2H3. The Bertz CT molecular complexity index is 106. The zero-order valence-electron chi connectivity index (χ0n) is 13.2. The van der Waals surface area contributed by atoms with E-state index in [4.69, 9.17) is 10.5 Å². The van der Waals surface area contributed by atoms with Gasteiger partial charge >= 0.3 is 0 Å². The molecule has 0 saturated heterocycles. The summed E-state index contributed by atoms with van der Waals surface area (Å²) in [6.45, 7) is 8.81. The van der Waals surface area contributed by atoms with E-state index >= 15 is 0 Å². The van der Waals surface area contributed by atoms with Crippen molar-refractivity contribution in [2.75, 3.05) is 19.8 Å². The van der Waals surface area contributed by atoms with Gasteiger partial charge in [0, 0.05) is 13.2 Å². The first-order chi connectivity index (χ1) is 8.83. The Hall–Kier alpha value is -0.0800. The molecule has 0 aliphatic heterocycles. The van der Waals surface area contributed by atoms with E-state index in [1.807, 2.05) is 13.8 Å². The van der Waals surface area contributed by atoms with E-state index in [9.17, 15) is 0 Å². The molecule has 2 nitrogen and oxygen atoms in total. The summed E-state index contributed by atoms with van der Waals surface area (Å²) in [5.74, 6) is 0. The van der Waals surface area contributed by atoms with Crippen molar-refractivity contribution in [3.05, 3.63) is 0 Å². The Labute approximate surface area is 116 Å². The lowest BCUT2D eigenvalue weighted by Gasteiger charge is -2.00. The average Bonchev–Trinajstić information content (AvgIpc) is 2.39. The first kappa shape index (κ1) is 20.2. The molecule has 2 N–H and O–H groups in total. The van der Waals surface area contributed by atoms with Crippen LogP contribution in [0.3, 0.4) is 0 Å². The molecule has 0 amide bonds. The van der Waals surface area contributed by atoms with Crippen molar-refractivity contribution in [2.24, 2.45) is 5.73 Å². The molecule has 18 heavy (non-hydrogen) atoms. The van der Waals surface area contributed by atoms with Crippen LogP contribution in [0.2, 0.25) is 0 Å². The van der Waals surface area contributed by atoms with E-state index in [-0.39, 0.29) is 0 Å². The van der Waals surface area contributed by atoms with Gasteiger partial charge in [0.1, 0.15) is 0 Å². The van der Waals surface area contributed by atoms with Crippen LogP contribution in [0, 0.1) is 0 Å². The minimum absolute atomic E-state index is 0.844. The van der Waals surface area contributed by atoms with Crippen molar-refractivity contribution in [2.45, 2.75) is 85.0 Å². The first-order valence-electron chi connectivity index (χ1n) is 8.11. The van der Waals surface area contributed by atoms with E-state index in [1.54, 1.807) is 0 Å². The van der Waals surface area contributed by atoms with E-state index in [1.165, 1.54) is 64.2 Å². The van der Waals surface area contributed by atoms with Gasteiger partial charge in [-0.3, -0.25) is 0 Å². The van der Waals surface area contributed by atoms with Crippen LogP contribution in [-0.2, 0) is 4.74 Å². The van der Waals surface area contributed by atoms with Crippen LogP contribution in [0.4, 0.5) is 0 Å². The van der Waals surface area contributed by atoms with Gasteiger partial charge < -0.3 is 10.5 Å². The number of nitrogens with two attached hydrogens (primary N) is 1. The normalized spacial score (nSPS) is 10.0. The van der Waals surface area contributed by atoms with Gasteiger partial charge in [-0.15, -0.1) is 0 Å². The van der Waals surface area contributed by atoms with Gasteiger partial charge in [0.15, 0.2) is 0 Å². The maximum Gasteiger partial charge on any atom is 0.0437 e. The number of rotatable bonds is 12. The number of unbranched alkanes of at least 4 members (excludes halogenated alkanes) is 9. The molecule has 0 radical (unpaired) electrons. The number of ether oxygens (including phenoxy) is 1. The van der Waals surface area contributed by atoms with Crippen LogP contribution in [0.25, 0.3) is 0 Å². The fourth-order valence-corrected chi connectivity index (χ4v) is 1.84. The molecule has 0 bridgehead atoms. The van der Waals surface area contributed by atoms with Gasteiger partial charge in [0.2, 0.25) is 0 Å². The highest BCUT2D eigenvalue weighted by molar-refractivity contribution is 4.47. The Morgan fingerprint density at radius 1 is 0.611 bits per heavy atom. The van der Waals surface area contributed by atoms with Crippen LogP contribution < -0.4 is 5.73 Å². The highest BCUT2D eigenvalue weighted by atomic mass is 16.5. The topological polar surface area (TPSA) is 35.2 Å². The zero-order valence-corrected chi connectivity index (χ0v) is 13.2. The van der Waals surface area contributed by atoms with Crippen molar-refractivity contribution >= 4 is 0 Å².